The van der Waals surface area contributed by atoms with E-state index in [1.54, 1.807) is 30.3 Å². The number of amides is 2. The summed E-state index contributed by atoms with van der Waals surface area (Å²) in [5.74, 6) is -0.366. The molecule has 0 spiro atoms. The Bertz CT molecular complexity index is 353. The molecule has 0 saturated carbocycles. The molecule has 1 aromatic carbocycles. The fraction of sp³-hybridized carbons (Fsp3) is 0.200. The van der Waals surface area contributed by atoms with Crippen molar-refractivity contribution < 1.29 is 14.3 Å². The highest BCUT2D eigenvalue weighted by molar-refractivity contribution is 6.28. The second kappa shape index (κ2) is 5.36. The van der Waals surface area contributed by atoms with Gasteiger partial charge in [-0.1, -0.05) is 18.2 Å². The molecule has 0 fully saturated rings. The van der Waals surface area contributed by atoms with Crippen LogP contribution in [0.1, 0.15) is 0 Å². The van der Waals surface area contributed by atoms with Crippen LogP contribution >= 0.6 is 11.6 Å². The van der Waals surface area contributed by atoms with Crippen LogP contribution < -0.4 is 4.74 Å². The Morgan fingerprint density at radius 2 is 1.93 bits per heavy atom. The summed E-state index contributed by atoms with van der Waals surface area (Å²) in [6, 6.07) is 8.50. The SMILES string of the molecule is CN(C(=O)CCl)C(=O)Oc1ccccc1. The number of para-hydroxylation sites is 1. The van der Waals surface area contributed by atoms with E-state index in [0.717, 1.165) is 4.90 Å². The standard InChI is InChI=1S/C10H10ClNO3/c1-12(9(13)7-11)10(14)15-8-5-3-2-4-6-8/h2-6H,7H2,1H3. The summed E-state index contributed by atoms with van der Waals surface area (Å²) in [5.41, 5.74) is 0. The minimum Gasteiger partial charge on any atom is -0.410 e. The molecule has 0 aliphatic rings. The van der Waals surface area contributed by atoms with Crippen LogP contribution in [0.25, 0.3) is 0 Å². The highest BCUT2D eigenvalue weighted by atomic mass is 35.5. The summed E-state index contributed by atoms with van der Waals surface area (Å²) < 4.78 is 4.91. The number of hydrogen-bond donors (Lipinski definition) is 0. The van der Waals surface area contributed by atoms with E-state index in [-0.39, 0.29) is 5.88 Å². The van der Waals surface area contributed by atoms with Gasteiger partial charge in [0.1, 0.15) is 11.6 Å². The normalized spacial score (nSPS) is 9.47. The van der Waals surface area contributed by atoms with Crippen molar-refractivity contribution in [3.8, 4) is 5.75 Å². The zero-order valence-electron chi connectivity index (χ0n) is 8.14. The summed E-state index contributed by atoms with van der Waals surface area (Å²) in [7, 11) is 1.32. The predicted molar refractivity (Wildman–Crippen MR) is 56.0 cm³/mol. The molecule has 0 saturated heterocycles. The van der Waals surface area contributed by atoms with E-state index in [1.165, 1.54) is 7.05 Å². The van der Waals surface area contributed by atoms with Crippen molar-refractivity contribution in [1.29, 1.82) is 0 Å². The molecule has 1 aromatic rings. The zero-order valence-corrected chi connectivity index (χ0v) is 8.90. The van der Waals surface area contributed by atoms with Crippen molar-refractivity contribution >= 4 is 23.6 Å². The van der Waals surface area contributed by atoms with Gasteiger partial charge in [-0.3, -0.25) is 4.79 Å². The zero-order chi connectivity index (χ0) is 11.3. The van der Waals surface area contributed by atoms with E-state index in [0.29, 0.717) is 5.75 Å². The third-order valence-corrected chi connectivity index (χ3v) is 1.94. The van der Waals surface area contributed by atoms with Crippen LogP contribution in [0.15, 0.2) is 30.3 Å². The first-order valence-electron chi connectivity index (χ1n) is 4.24. The van der Waals surface area contributed by atoms with Crippen LogP contribution in [0.2, 0.25) is 0 Å². The quantitative estimate of drug-likeness (QED) is 0.725. The van der Waals surface area contributed by atoms with Crippen molar-refractivity contribution in [1.82, 2.24) is 4.90 Å². The van der Waals surface area contributed by atoms with Gasteiger partial charge in [0.2, 0.25) is 5.91 Å². The first-order valence-corrected chi connectivity index (χ1v) is 4.78. The van der Waals surface area contributed by atoms with Crippen LogP contribution in [-0.4, -0.2) is 29.8 Å². The molecule has 1 rings (SSSR count). The number of halogens is 1. The average Bonchev–Trinajstić information content (AvgIpc) is 2.28. The molecule has 0 bridgehead atoms. The summed E-state index contributed by atoms with van der Waals surface area (Å²) in [6.45, 7) is 0. The number of hydrogen-bond acceptors (Lipinski definition) is 3. The number of imide groups is 1. The van der Waals surface area contributed by atoms with Gasteiger partial charge in [-0.2, -0.15) is 0 Å². The fourth-order valence-corrected chi connectivity index (χ4v) is 1.03. The van der Waals surface area contributed by atoms with Crippen molar-refractivity contribution in [2.24, 2.45) is 0 Å². The maximum atomic E-state index is 11.3. The molecule has 0 aliphatic heterocycles. The molecule has 15 heavy (non-hydrogen) atoms. The highest BCUT2D eigenvalue weighted by Gasteiger charge is 2.17. The third kappa shape index (κ3) is 3.25. The monoisotopic (exact) mass is 227 g/mol. The third-order valence-electron chi connectivity index (χ3n) is 1.71. The van der Waals surface area contributed by atoms with Crippen molar-refractivity contribution in [2.45, 2.75) is 0 Å². The van der Waals surface area contributed by atoms with E-state index < -0.39 is 12.0 Å². The Morgan fingerprint density at radius 1 is 1.33 bits per heavy atom. The minimum atomic E-state index is -0.744. The largest absolute Gasteiger partial charge is 0.421 e. The van der Waals surface area contributed by atoms with Crippen molar-refractivity contribution in [3.63, 3.8) is 0 Å². The summed E-state index contributed by atoms with van der Waals surface area (Å²) in [5, 5.41) is 0. The first kappa shape index (κ1) is 11.5. The number of carbonyl (C=O) groups excluding carboxylic acids is 2. The number of benzene rings is 1. The van der Waals surface area contributed by atoms with Crippen LogP contribution in [0.3, 0.4) is 0 Å². The lowest BCUT2D eigenvalue weighted by atomic mass is 10.3. The van der Waals surface area contributed by atoms with Crippen LogP contribution in [-0.2, 0) is 4.79 Å². The van der Waals surface area contributed by atoms with E-state index >= 15 is 0 Å². The number of rotatable bonds is 2. The van der Waals surface area contributed by atoms with E-state index in [4.69, 9.17) is 16.3 Å². The highest BCUT2D eigenvalue weighted by Crippen LogP contribution is 2.09. The van der Waals surface area contributed by atoms with Gasteiger partial charge in [-0.15, -0.1) is 11.6 Å². The van der Waals surface area contributed by atoms with Crippen LogP contribution in [0, 0.1) is 0 Å². The lowest BCUT2D eigenvalue weighted by molar-refractivity contribution is -0.125. The Balaban J connectivity index is 2.60. The van der Waals surface area contributed by atoms with Gasteiger partial charge in [0, 0.05) is 7.05 Å². The summed E-state index contributed by atoms with van der Waals surface area (Å²) >= 11 is 5.29. The van der Waals surface area contributed by atoms with E-state index in [1.807, 2.05) is 0 Å². The molecule has 80 valence electrons. The van der Waals surface area contributed by atoms with Gasteiger partial charge in [0.05, 0.1) is 0 Å². The summed E-state index contributed by atoms with van der Waals surface area (Å²) in [6.07, 6.45) is -0.744. The maximum absolute atomic E-state index is 11.3. The van der Waals surface area contributed by atoms with Crippen molar-refractivity contribution in [2.75, 3.05) is 12.9 Å². The van der Waals surface area contributed by atoms with Gasteiger partial charge in [0.25, 0.3) is 0 Å². The lowest BCUT2D eigenvalue weighted by Crippen LogP contribution is -2.36. The van der Waals surface area contributed by atoms with Gasteiger partial charge < -0.3 is 4.74 Å². The van der Waals surface area contributed by atoms with Gasteiger partial charge in [0.15, 0.2) is 0 Å². The molecular formula is C10H10ClNO3. The second-order valence-corrected chi connectivity index (χ2v) is 3.03. The molecule has 0 aliphatic carbocycles. The summed E-state index contributed by atoms with van der Waals surface area (Å²) in [4.78, 5) is 23.2. The Labute approximate surface area is 92.4 Å². The number of carbonyl (C=O) groups is 2. The van der Waals surface area contributed by atoms with Crippen LogP contribution in [0.5, 0.6) is 5.75 Å². The molecule has 0 atom stereocenters. The minimum absolute atomic E-state index is 0.250. The van der Waals surface area contributed by atoms with Crippen molar-refractivity contribution in [3.05, 3.63) is 30.3 Å². The molecule has 0 unspecified atom stereocenters. The molecule has 0 radical (unpaired) electrons. The predicted octanol–water partition coefficient (Wildman–Crippen LogP) is 1.88. The molecule has 2 amide bonds. The second-order valence-electron chi connectivity index (χ2n) is 2.77. The smallest absolute Gasteiger partial charge is 0.410 e. The number of nitrogens with zero attached hydrogens (tertiary/aromatic N) is 1. The van der Waals surface area contributed by atoms with Crippen LogP contribution in [0.4, 0.5) is 4.79 Å². The molecule has 4 nitrogen and oxygen atoms in total. The van der Waals surface area contributed by atoms with E-state index in [9.17, 15) is 9.59 Å². The Morgan fingerprint density at radius 3 is 2.47 bits per heavy atom. The average molecular weight is 228 g/mol. The molecular weight excluding hydrogens is 218 g/mol. The Hall–Kier alpha value is -1.55. The van der Waals surface area contributed by atoms with E-state index in [2.05, 4.69) is 0 Å². The molecule has 0 heterocycles. The maximum Gasteiger partial charge on any atom is 0.421 e. The fourth-order valence-electron chi connectivity index (χ4n) is 0.849. The first-order chi connectivity index (χ1) is 7.15. The Kier molecular flexibility index (Phi) is 4.12. The van der Waals surface area contributed by atoms with Gasteiger partial charge in [-0.25, -0.2) is 9.69 Å². The molecule has 5 heteroatoms. The number of ether oxygens (including phenoxy) is 1. The van der Waals surface area contributed by atoms with Gasteiger partial charge in [-0.05, 0) is 12.1 Å². The van der Waals surface area contributed by atoms with Gasteiger partial charge >= 0.3 is 6.09 Å². The molecule has 0 aromatic heterocycles. The lowest BCUT2D eigenvalue weighted by Gasteiger charge is -2.13. The number of alkyl halides is 1. The molecule has 0 N–H and O–H groups in total. The topological polar surface area (TPSA) is 46.6 Å².